The molecule has 0 spiro atoms. The van der Waals surface area contributed by atoms with Crippen molar-refractivity contribution in [2.45, 2.75) is 45.3 Å². The Balaban J connectivity index is 1.72. The Hall–Kier alpha value is -2.88. The number of halogens is 5. The number of benzene rings is 1. The molecule has 6 nitrogen and oxygen atoms in total. The summed E-state index contributed by atoms with van der Waals surface area (Å²) in [4.78, 5) is 15.1. The van der Waals surface area contributed by atoms with Crippen LogP contribution in [0.3, 0.4) is 0 Å². The van der Waals surface area contributed by atoms with Crippen LogP contribution < -0.4 is 4.90 Å². The largest absolute Gasteiger partial charge is 0.436 e. The van der Waals surface area contributed by atoms with Crippen molar-refractivity contribution in [1.82, 2.24) is 19.6 Å². The van der Waals surface area contributed by atoms with E-state index >= 15 is 0 Å². The Morgan fingerprint density at radius 2 is 1.81 bits per heavy atom. The first-order chi connectivity index (χ1) is 14.9. The number of anilines is 1. The first-order valence-electron chi connectivity index (χ1n) is 9.90. The average Bonchev–Trinajstić information content (AvgIpc) is 3.29. The number of rotatable bonds is 3. The van der Waals surface area contributed by atoms with E-state index in [-0.39, 0.29) is 11.5 Å². The minimum absolute atomic E-state index is 0.0524. The van der Waals surface area contributed by atoms with E-state index in [0.29, 0.717) is 30.8 Å². The molecule has 32 heavy (non-hydrogen) atoms. The van der Waals surface area contributed by atoms with Crippen molar-refractivity contribution >= 4 is 23.2 Å². The van der Waals surface area contributed by atoms with Gasteiger partial charge in [-0.05, 0) is 57.9 Å². The Morgan fingerprint density at radius 3 is 2.41 bits per heavy atom. The molecule has 0 N–H and O–H groups in total. The number of nitrogens with zero attached hydrogens (tertiary/aromatic N) is 5. The van der Waals surface area contributed by atoms with Crippen molar-refractivity contribution in [3.63, 3.8) is 0 Å². The lowest BCUT2D eigenvalue weighted by molar-refractivity contribution is -0.142. The van der Waals surface area contributed by atoms with Crippen molar-refractivity contribution in [1.29, 1.82) is 0 Å². The molecule has 0 fully saturated rings. The molecule has 0 atom stereocenters. The molecule has 0 aliphatic carbocycles. The summed E-state index contributed by atoms with van der Waals surface area (Å²) in [7, 11) is 0. The Morgan fingerprint density at radius 1 is 1.16 bits per heavy atom. The van der Waals surface area contributed by atoms with Gasteiger partial charge in [-0.15, -0.1) is 0 Å². The molecule has 1 aliphatic heterocycles. The molecule has 4 rings (SSSR count). The Bertz CT molecular complexity index is 1180. The monoisotopic (exact) mass is 469 g/mol. The molecule has 0 saturated carbocycles. The predicted molar refractivity (Wildman–Crippen MR) is 110 cm³/mol. The van der Waals surface area contributed by atoms with E-state index in [2.05, 4.69) is 10.2 Å². The fourth-order valence-electron chi connectivity index (χ4n) is 3.99. The van der Waals surface area contributed by atoms with E-state index in [1.54, 1.807) is 16.8 Å². The van der Waals surface area contributed by atoms with Gasteiger partial charge in [0.05, 0.1) is 34.0 Å². The normalized spacial score (nSPS) is 14.6. The van der Waals surface area contributed by atoms with Crippen LogP contribution in [0.15, 0.2) is 30.5 Å². The smallest absolute Gasteiger partial charge is 0.307 e. The number of fused-ring (bicyclic) bond motifs is 1. The number of hydrogen-bond donors (Lipinski definition) is 0. The standard InChI is InChI=1S/C21H20ClF4N5O/c1-12-17(22)18(21(24,25)26)28-31(12)20(2,3)19(32)29-10-4-5-15-16(29)11-27-30(15)14-8-6-13(23)7-9-14/h6-9,11H,4-5,10H2,1-3H3. The van der Waals surface area contributed by atoms with Gasteiger partial charge in [-0.3, -0.25) is 9.48 Å². The van der Waals surface area contributed by atoms with Crippen LogP contribution in [0.2, 0.25) is 5.02 Å². The van der Waals surface area contributed by atoms with Crippen LogP contribution in [0.4, 0.5) is 23.2 Å². The lowest BCUT2D eigenvalue weighted by Gasteiger charge is -2.35. The summed E-state index contributed by atoms with van der Waals surface area (Å²) < 4.78 is 55.8. The minimum atomic E-state index is -4.74. The van der Waals surface area contributed by atoms with Gasteiger partial charge < -0.3 is 4.90 Å². The van der Waals surface area contributed by atoms with E-state index in [1.165, 1.54) is 44.0 Å². The number of carbonyl (C=O) groups is 1. The highest BCUT2D eigenvalue weighted by molar-refractivity contribution is 6.32. The fourth-order valence-corrected chi connectivity index (χ4v) is 4.22. The zero-order valence-corrected chi connectivity index (χ0v) is 18.3. The number of alkyl halides is 3. The fraction of sp³-hybridized carbons (Fsp3) is 0.381. The van der Waals surface area contributed by atoms with Crippen LogP contribution in [0.1, 0.15) is 37.4 Å². The maximum Gasteiger partial charge on any atom is 0.436 e. The van der Waals surface area contributed by atoms with Crippen LogP contribution in [0.25, 0.3) is 5.69 Å². The van der Waals surface area contributed by atoms with Gasteiger partial charge in [0.2, 0.25) is 0 Å². The first kappa shape index (κ1) is 22.3. The molecule has 1 amide bonds. The van der Waals surface area contributed by atoms with Crippen LogP contribution >= 0.6 is 11.6 Å². The van der Waals surface area contributed by atoms with Crippen molar-refractivity contribution in [3.8, 4) is 5.69 Å². The third-order valence-corrected chi connectivity index (χ3v) is 6.07. The Kier molecular flexibility index (Phi) is 5.31. The molecule has 0 radical (unpaired) electrons. The summed E-state index contributed by atoms with van der Waals surface area (Å²) in [6.07, 6.45) is -1.92. The van der Waals surface area contributed by atoms with Crippen LogP contribution in [0.5, 0.6) is 0 Å². The van der Waals surface area contributed by atoms with E-state index in [0.717, 1.165) is 10.4 Å². The second kappa shape index (κ2) is 7.61. The minimum Gasteiger partial charge on any atom is -0.307 e. The number of aromatic nitrogens is 4. The number of hydrogen-bond acceptors (Lipinski definition) is 3. The molecule has 3 aromatic rings. The highest BCUT2D eigenvalue weighted by Gasteiger charge is 2.44. The van der Waals surface area contributed by atoms with Gasteiger partial charge in [0.15, 0.2) is 5.69 Å². The number of amides is 1. The van der Waals surface area contributed by atoms with Crippen LogP contribution in [-0.2, 0) is 22.9 Å². The third kappa shape index (κ3) is 3.56. The first-order valence-corrected chi connectivity index (χ1v) is 10.3. The van der Waals surface area contributed by atoms with Crippen molar-refractivity contribution in [2.75, 3.05) is 11.4 Å². The summed E-state index contributed by atoms with van der Waals surface area (Å²) in [5, 5.41) is 7.48. The summed E-state index contributed by atoms with van der Waals surface area (Å²) in [6, 6.07) is 5.81. The molecule has 11 heteroatoms. The summed E-state index contributed by atoms with van der Waals surface area (Å²) in [5.74, 6) is -0.812. The lowest BCUT2D eigenvalue weighted by atomic mass is 10.00. The van der Waals surface area contributed by atoms with Gasteiger partial charge in [-0.1, -0.05) is 11.6 Å². The second-order valence-electron chi connectivity index (χ2n) is 8.14. The van der Waals surface area contributed by atoms with E-state index in [9.17, 15) is 22.4 Å². The zero-order valence-electron chi connectivity index (χ0n) is 17.5. The molecule has 1 aromatic carbocycles. The molecule has 0 bridgehead atoms. The van der Waals surface area contributed by atoms with Gasteiger partial charge >= 0.3 is 6.18 Å². The van der Waals surface area contributed by atoms with Gasteiger partial charge in [-0.25, -0.2) is 9.07 Å². The highest BCUT2D eigenvalue weighted by Crippen LogP contribution is 2.38. The van der Waals surface area contributed by atoms with E-state index < -0.39 is 28.3 Å². The number of carbonyl (C=O) groups excluding carboxylic acids is 1. The average molecular weight is 470 g/mol. The molecule has 0 saturated heterocycles. The summed E-state index contributed by atoms with van der Waals surface area (Å²) in [5.41, 5.74) is -0.642. The van der Waals surface area contributed by atoms with Crippen molar-refractivity contribution in [3.05, 3.63) is 58.4 Å². The SMILES string of the molecule is Cc1c(Cl)c(C(F)(F)F)nn1C(C)(C)C(=O)N1CCCc2c1cnn2-c1ccc(F)cc1. The summed E-state index contributed by atoms with van der Waals surface area (Å²) >= 11 is 5.89. The van der Waals surface area contributed by atoms with Gasteiger partial charge in [0, 0.05) is 6.54 Å². The van der Waals surface area contributed by atoms with Crippen molar-refractivity contribution < 1.29 is 22.4 Å². The van der Waals surface area contributed by atoms with Crippen LogP contribution in [0, 0.1) is 12.7 Å². The molecular weight excluding hydrogens is 450 g/mol. The molecule has 170 valence electrons. The maximum atomic E-state index is 13.6. The maximum absolute atomic E-state index is 13.6. The quantitative estimate of drug-likeness (QED) is 0.512. The van der Waals surface area contributed by atoms with Crippen molar-refractivity contribution in [2.24, 2.45) is 0 Å². The molecule has 2 aromatic heterocycles. The highest BCUT2D eigenvalue weighted by atomic mass is 35.5. The molecule has 0 unspecified atom stereocenters. The summed E-state index contributed by atoms with van der Waals surface area (Å²) in [6.45, 7) is 4.79. The lowest BCUT2D eigenvalue weighted by Crippen LogP contribution is -2.49. The topological polar surface area (TPSA) is 56.0 Å². The molecular formula is C21H20ClF4N5O. The molecule has 1 aliphatic rings. The van der Waals surface area contributed by atoms with Gasteiger partial charge in [0.1, 0.15) is 11.4 Å². The zero-order chi connectivity index (χ0) is 23.4. The van der Waals surface area contributed by atoms with E-state index in [4.69, 9.17) is 11.6 Å². The van der Waals surface area contributed by atoms with Gasteiger partial charge in [-0.2, -0.15) is 23.4 Å². The second-order valence-corrected chi connectivity index (χ2v) is 8.52. The Labute approximate surface area is 186 Å². The molecule has 3 heterocycles. The predicted octanol–water partition coefficient (Wildman–Crippen LogP) is 4.90. The van der Waals surface area contributed by atoms with Crippen LogP contribution in [-0.4, -0.2) is 32.0 Å². The van der Waals surface area contributed by atoms with Gasteiger partial charge in [0.25, 0.3) is 5.91 Å². The van der Waals surface area contributed by atoms with E-state index in [1.807, 2.05) is 0 Å². The third-order valence-electron chi connectivity index (χ3n) is 5.61.